The van der Waals surface area contributed by atoms with E-state index < -0.39 is 6.10 Å². The van der Waals surface area contributed by atoms with E-state index in [1.165, 1.54) is 6.42 Å². The second-order valence-electron chi connectivity index (χ2n) is 7.23. The summed E-state index contributed by atoms with van der Waals surface area (Å²) in [6, 6.07) is 12.3. The third-order valence-corrected chi connectivity index (χ3v) is 5.80. The molecule has 1 atom stereocenters. The van der Waals surface area contributed by atoms with Crippen molar-refractivity contribution in [2.45, 2.75) is 45.1 Å². The standard InChI is InChI=1S/C22H24BrClN2O3/c1-14(29-20-11-10-16(24)12-19(20)23)21(27)25-17-8-5-9-18(13-17)26-22(28)15-6-3-2-4-7-15/h5,8-15H,2-4,6-7H2,1H3,(H,25,27)(H,26,28). The van der Waals surface area contributed by atoms with Crippen LogP contribution in [0.25, 0.3) is 0 Å². The summed E-state index contributed by atoms with van der Waals surface area (Å²) >= 11 is 9.30. The van der Waals surface area contributed by atoms with Crippen LogP contribution in [-0.4, -0.2) is 17.9 Å². The molecule has 0 saturated heterocycles. The Balaban J connectivity index is 1.58. The highest BCUT2D eigenvalue weighted by molar-refractivity contribution is 9.10. The maximum Gasteiger partial charge on any atom is 0.265 e. The van der Waals surface area contributed by atoms with Crippen LogP contribution in [0.3, 0.4) is 0 Å². The van der Waals surface area contributed by atoms with Gasteiger partial charge in [0.05, 0.1) is 4.47 Å². The number of benzene rings is 2. The number of nitrogens with one attached hydrogen (secondary N) is 2. The van der Waals surface area contributed by atoms with Crippen molar-refractivity contribution >= 4 is 50.7 Å². The molecule has 3 rings (SSSR count). The minimum Gasteiger partial charge on any atom is -0.480 e. The maximum absolute atomic E-state index is 12.5. The Kier molecular flexibility index (Phi) is 7.56. The average molecular weight is 480 g/mol. The second kappa shape index (κ2) is 10.1. The van der Waals surface area contributed by atoms with Crippen LogP contribution in [0.15, 0.2) is 46.9 Å². The van der Waals surface area contributed by atoms with Crippen LogP contribution in [-0.2, 0) is 9.59 Å². The fourth-order valence-corrected chi connectivity index (χ4v) is 4.12. The molecule has 154 valence electrons. The molecule has 0 spiro atoms. The molecule has 2 aromatic carbocycles. The van der Waals surface area contributed by atoms with E-state index in [9.17, 15) is 9.59 Å². The van der Waals surface area contributed by atoms with E-state index in [1.54, 1.807) is 43.3 Å². The SMILES string of the molecule is CC(Oc1ccc(Cl)cc1Br)C(=O)Nc1cccc(NC(=O)C2CCCCC2)c1. The molecule has 2 amide bonds. The highest BCUT2D eigenvalue weighted by atomic mass is 79.9. The van der Waals surface area contributed by atoms with E-state index in [1.807, 2.05) is 6.07 Å². The first-order valence-corrected chi connectivity index (χ1v) is 10.9. The molecule has 1 saturated carbocycles. The molecule has 0 aliphatic heterocycles. The smallest absolute Gasteiger partial charge is 0.265 e. The number of carbonyl (C=O) groups excluding carboxylic acids is 2. The van der Waals surface area contributed by atoms with Crippen molar-refractivity contribution in [2.24, 2.45) is 5.92 Å². The van der Waals surface area contributed by atoms with Crippen LogP contribution in [0.1, 0.15) is 39.0 Å². The van der Waals surface area contributed by atoms with Crippen LogP contribution in [0.4, 0.5) is 11.4 Å². The predicted molar refractivity (Wildman–Crippen MR) is 120 cm³/mol. The Morgan fingerprint density at radius 1 is 1.07 bits per heavy atom. The van der Waals surface area contributed by atoms with Gasteiger partial charge in [-0.1, -0.05) is 36.9 Å². The van der Waals surface area contributed by atoms with Gasteiger partial charge in [-0.15, -0.1) is 0 Å². The molecule has 0 aromatic heterocycles. The number of amides is 2. The normalized spacial score (nSPS) is 15.4. The van der Waals surface area contributed by atoms with Gasteiger partial charge in [0.15, 0.2) is 6.10 Å². The van der Waals surface area contributed by atoms with E-state index in [0.717, 1.165) is 25.7 Å². The van der Waals surface area contributed by atoms with Gasteiger partial charge in [0.25, 0.3) is 5.91 Å². The summed E-state index contributed by atoms with van der Waals surface area (Å²) in [7, 11) is 0. The van der Waals surface area contributed by atoms with Gasteiger partial charge in [-0.3, -0.25) is 9.59 Å². The van der Waals surface area contributed by atoms with Crippen molar-refractivity contribution in [1.29, 1.82) is 0 Å². The Hall–Kier alpha value is -2.05. The summed E-state index contributed by atoms with van der Waals surface area (Å²) in [6.45, 7) is 1.67. The number of rotatable bonds is 6. The summed E-state index contributed by atoms with van der Waals surface area (Å²) in [6.07, 6.45) is 4.59. The number of anilines is 2. The van der Waals surface area contributed by atoms with E-state index in [-0.39, 0.29) is 17.7 Å². The Morgan fingerprint density at radius 2 is 1.76 bits per heavy atom. The molecular formula is C22H24BrClN2O3. The van der Waals surface area contributed by atoms with Gasteiger partial charge < -0.3 is 15.4 Å². The Labute approximate surface area is 184 Å². The second-order valence-corrected chi connectivity index (χ2v) is 8.52. The maximum atomic E-state index is 12.5. The zero-order valence-corrected chi connectivity index (χ0v) is 18.6. The first-order valence-electron chi connectivity index (χ1n) is 9.76. The van der Waals surface area contributed by atoms with E-state index in [2.05, 4.69) is 26.6 Å². The van der Waals surface area contributed by atoms with Gasteiger partial charge >= 0.3 is 0 Å². The van der Waals surface area contributed by atoms with Gasteiger partial charge in [-0.05, 0) is 72.1 Å². The highest BCUT2D eigenvalue weighted by Crippen LogP contribution is 2.29. The fraction of sp³-hybridized carbons (Fsp3) is 0.364. The van der Waals surface area contributed by atoms with Crippen molar-refractivity contribution < 1.29 is 14.3 Å². The van der Waals surface area contributed by atoms with Gasteiger partial charge in [0.2, 0.25) is 5.91 Å². The van der Waals surface area contributed by atoms with E-state index in [4.69, 9.17) is 16.3 Å². The van der Waals surface area contributed by atoms with Crippen LogP contribution in [0, 0.1) is 5.92 Å². The monoisotopic (exact) mass is 478 g/mol. The van der Waals surface area contributed by atoms with Crippen LogP contribution in [0.2, 0.25) is 5.02 Å². The number of carbonyl (C=O) groups is 2. The summed E-state index contributed by atoms with van der Waals surface area (Å²) in [4.78, 5) is 24.9. The third kappa shape index (κ3) is 6.21. The van der Waals surface area contributed by atoms with Gasteiger partial charge in [-0.2, -0.15) is 0 Å². The van der Waals surface area contributed by atoms with E-state index >= 15 is 0 Å². The number of hydrogen-bond donors (Lipinski definition) is 2. The molecule has 1 unspecified atom stereocenters. The molecule has 5 nitrogen and oxygen atoms in total. The van der Waals surface area contributed by atoms with Gasteiger partial charge in [0.1, 0.15) is 5.75 Å². The van der Waals surface area contributed by atoms with E-state index in [0.29, 0.717) is 26.6 Å². The summed E-state index contributed by atoms with van der Waals surface area (Å²) < 4.78 is 6.40. The van der Waals surface area contributed by atoms with Crippen molar-refractivity contribution in [3.05, 3.63) is 52.0 Å². The largest absolute Gasteiger partial charge is 0.480 e. The van der Waals surface area contributed by atoms with Crippen molar-refractivity contribution in [2.75, 3.05) is 10.6 Å². The average Bonchev–Trinajstić information content (AvgIpc) is 2.71. The quantitative estimate of drug-likeness (QED) is 0.532. The number of halogens is 2. The molecule has 2 N–H and O–H groups in total. The molecule has 2 aromatic rings. The summed E-state index contributed by atoms with van der Waals surface area (Å²) in [5, 5.41) is 6.37. The van der Waals surface area contributed by atoms with Crippen molar-refractivity contribution in [3.8, 4) is 5.75 Å². The topological polar surface area (TPSA) is 67.4 Å². The molecule has 29 heavy (non-hydrogen) atoms. The minimum absolute atomic E-state index is 0.0532. The highest BCUT2D eigenvalue weighted by Gasteiger charge is 2.21. The first-order chi connectivity index (χ1) is 13.9. The zero-order valence-electron chi connectivity index (χ0n) is 16.2. The lowest BCUT2D eigenvalue weighted by atomic mass is 9.88. The summed E-state index contributed by atoms with van der Waals surface area (Å²) in [5.41, 5.74) is 1.27. The third-order valence-electron chi connectivity index (χ3n) is 4.94. The molecule has 0 radical (unpaired) electrons. The molecule has 1 fully saturated rings. The van der Waals surface area contributed by atoms with Crippen molar-refractivity contribution in [1.82, 2.24) is 0 Å². The Morgan fingerprint density at radius 3 is 2.45 bits per heavy atom. The lowest BCUT2D eigenvalue weighted by molar-refractivity contribution is -0.122. The molecule has 0 heterocycles. The van der Waals surface area contributed by atoms with Crippen LogP contribution < -0.4 is 15.4 Å². The molecule has 0 bridgehead atoms. The lowest BCUT2D eigenvalue weighted by Crippen LogP contribution is -2.30. The van der Waals surface area contributed by atoms with Gasteiger partial charge in [-0.25, -0.2) is 0 Å². The molecule has 7 heteroatoms. The van der Waals surface area contributed by atoms with Gasteiger partial charge in [0, 0.05) is 22.3 Å². The minimum atomic E-state index is -0.715. The molecule has 1 aliphatic carbocycles. The Bertz CT molecular complexity index is 884. The molecule has 1 aliphatic rings. The first kappa shape index (κ1) is 21.7. The fourth-order valence-electron chi connectivity index (χ4n) is 3.34. The van der Waals surface area contributed by atoms with Crippen LogP contribution in [0.5, 0.6) is 5.75 Å². The number of ether oxygens (including phenoxy) is 1. The van der Waals surface area contributed by atoms with Crippen LogP contribution >= 0.6 is 27.5 Å². The van der Waals surface area contributed by atoms with Crippen molar-refractivity contribution in [3.63, 3.8) is 0 Å². The predicted octanol–water partition coefficient (Wildman–Crippen LogP) is 6.03. The molecular weight excluding hydrogens is 456 g/mol. The summed E-state index contributed by atoms with van der Waals surface area (Å²) in [5.74, 6) is 0.374. The number of hydrogen-bond acceptors (Lipinski definition) is 3. The lowest BCUT2D eigenvalue weighted by Gasteiger charge is -2.21. The zero-order chi connectivity index (χ0) is 20.8.